The average molecular weight is 446 g/mol. The highest BCUT2D eigenvalue weighted by Gasteiger charge is 2.39. The lowest BCUT2D eigenvalue weighted by Gasteiger charge is -2.40. The quantitative estimate of drug-likeness (QED) is 0.614. The largest absolute Gasteiger partial charge is 0.496 e. The second-order valence-corrected chi connectivity index (χ2v) is 7.52. The van der Waals surface area contributed by atoms with E-state index in [1.165, 1.54) is 13.2 Å². The lowest BCUT2D eigenvalue weighted by atomic mass is 9.90. The Balaban J connectivity index is 2.26. The van der Waals surface area contributed by atoms with Gasteiger partial charge in [0.2, 0.25) is 0 Å². The van der Waals surface area contributed by atoms with Crippen molar-refractivity contribution in [3.05, 3.63) is 63.9 Å². The molecule has 2 unspecified atom stereocenters. The van der Waals surface area contributed by atoms with E-state index in [0.29, 0.717) is 25.8 Å². The highest BCUT2D eigenvalue weighted by atomic mass is 35.5. The lowest BCUT2D eigenvalue weighted by molar-refractivity contribution is -0.145. The average Bonchev–Trinajstić information content (AvgIpc) is 2.69. The second kappa shape index (κ2) is 8.81. The van der Waals surface area contributed by atoms with E-state index in [0.717, 1.165) is 30.3 Å². The van der Waals surface area contributed by atoms with Crippen molar-refractivity contribution in [2.75, 3.05) is 13.7 Å². The van der Waals surface area contributed by atoms with Crippen molar-refractivity contribution in [1.82, 2.24) is 4.90 Å². The van der Waals surface area contributed by atoms with Gasteiger partial charge in [-0.25, -0.2) is 4.39 Å². The van der Waals surface area contributed by atoms with E-state index in [-0.39, 0.29) is 21.9 Å². The smallest absolute Gasteiger partial charge is 0.416 e. The van der Waals surface area contributed by atoms with Gasteiger partial charge >= 0.3 is 12.1 Å². The molecule has 2 atom stereocenters. The first-order valence-electron chi connectivity index (χ1n) is 9.32. The number of ether oxygens (including phenoxy) is 1. The maximum Gasteiger partial charge on any atom is 0.416 e. The first-order valence-corrected chi connectivity index (χ1v) is 9.70. The fourth-order valence-electron chi connectivity index (χ4n) is 3.90. The summed E-state index contributed by atoms with van der Waals surface area (Å²) in [5.74, 6) is -1.49. The van der Waals surface area contributed by atoms with E-state index in [1.54, 1.807) is 4.90 Å². The van der Waals surface area contributed by atoms with Crippen molar-refractivity contribution in [2.45, 2.75) is 37.5 Å². The molecule has 3 rings (SSSR count). The number of methoxy groups -OCH3 is 1. The Morgan fingerprint density at radius 3 is 2.57 bits per heavy atom. The first kappa shape index (κ1) is 22.4. The fourth-order valence-corrected chi connectivity index (χ4v) is 4.12. The highest BCUT2D eigenvalue weighted by molar-refractivity contribution is 6.31. The third kappa shape index (κ3) is 4.54. The van der Waals surface area contributed by atoms with E-state index in [2.05, 4.69) is 0 Å². The Kier molecular flexibility index (Phi) is 6.57. The van der Waals surface area contributed by atoms with Crippen LogP contribution in [0, 0.1) is 5.82 Å². The van der Waals surface area contributed by atoms with Crippen LogP contribution < -0.4 is 4.74 Å². The highest BCUT2D eigenvalue weighted by Crippen LogP contribution is 2.43. The molecule has 0 radical (unpaired) electrons. The summed E-state index contributed by atoms with van der Waals surface area (Å²) in [5, 5.41) is 9.75. The van der Waals surface area contributed by atoms with Crippen LogP contribution in [0.25, 0.3) is 0 Å². The molecule has 1 heterocycles. The molecule has 0 aromatic heterocycles. The Morgan fingerprint density at radius 1 is 1.20 bits per heavy atom. The molecule has 9 heteroatoms. The molecule has 1 aliphatic rings. The number of hydrogen-bond donors (Lipinski definition) is 1. The predicted molar refractivity (Wildman–Crippen MR) is 103 cm³/mol. The molecule has 30 heavy (non-hydrogen) atoms. The second-order valence-electron chi connectivity index (χ2n) is 7.11. The summed E-state index contributed by atoms with van der Waals surface area (Å²) in [6.45, 7) is 0.299. The van der Waals surface area contributed by atoms with Gasteiger partial charge < -0.3 is 9.84 Å². The van der Waals surface area contributed by atoms with Crippen molar-refractivity contribution >= 4 is 17.6 Å². The minimum absolute atomic E-state index is 0.0222. The molecule has 1 aliphatic heterocycles. The van der Waals surface area contributed by atoms with Gasteiger partial charge in [-0.05, 0) is 61.3 Å². The molecule has 0 amide bonds. The number of carboxylic acids is 1. The number of likely N-dealkylation sites (tertiary alicyclic amines) is 1. The number of benzene rings is 2. The van der Waals surface area contributed by atoms with E-state index in [9.17, 15) is 27.5 Å². The van der Waals surface area contributed by atoms with E-state index < -0.39 is 35.6 Å². The number of carboxylic acid groups (broad SMARTS) is 1. The summed E-state index contributed by atoms with van der Waals surface area (Å²) in [5.41, 5.74) is -0.665. The molecule has 1 N–H and O–H groups in total. The van der Waals surface area contributed by atoms with E-state index in [1.807, 2.05) is 0 Å². The van der Waals surface area contributed by atoms with E-state index in [4.69, 9.17) is 16.3 Å². The summed E-state index contributed by atoms with van der Waals surface area (Å²) in [6.07, 6.45) is -2.99. The maximum absolute atomic E-state index is 14.1. The van der Waals surface area contributed by atoms with Gasteiger partial charge in [0.15, 0.2) is 0 Å². The zero-order valence-corrected chi connectivity index (χ0v) is 16.8. The number of hydrogen-bond acceptors (Lipinski definition) is 3. The number of aliphatic carboxylic acids is 1. The number of nitrogens with zero attached hydrogens (tertiary/aromatic N) is 1. The third-order valence-electron chi connectivity index (χ3n) is 5.27. The zero-order valence-electron chi connectivity index (χ0n) is 16.0. The number of halogens is 5. The lowest BCUT2D eigenvalue weighted by Crippen LogP contribution is -2.47. The van der Waals surface area contributed by atoms with Crippen LogP contribution in [-0.2, 0) is 11.0 Å². The maximum atomic E-state index is 14.1. The number of alkyl halides is 3. The number of carbonyl (C=O) groups is 1. The standard InChI is InChI=1S/C21H20ClF4NO3/c1-30-18-8-6-13(23)11-15(18)19(27-9-3-2-4-17(27)20(28)29)14-10-12(21(24,25)26)5-7-16(14)22/h5-8,10-11,17,19H,2-4,9H2,1H3,(H,28,29). The van der Waals surface area contributed by atoms with Gasteiger partial charge in [-0.15, -0.1) is 0 Å². The topological polar surface area (TPSA) is 49.8 Å². The molecular weight excluding hydrogens is 426 g/mol. The van der Waals surface area contributed by atoms with Gasteiger partial charge in [-0.1, -0.05) is 18.0 Å². The van der Waals surface area contributed by atoms with Crippen LogP contribution in [0.15, 0.2) is 36.4 Å². The molecule has 2 aromatic rings. The monoisotopic (exact) mass is 445 g/mol. The summed E-state index contributed by atoms with van der Waals surface area (Å²) >= 11 is 6.30. The van der Waals surface area contributed by atoms with Crippen molar-refractivity contribution in [2.24, 2.45) is 0 Å². The summed E-state index contributed by atoms with van der Waals surface area (Å²) < 4.78 is 59.6. The molecule has 0 aliphatic carbocycles. The van der Waals surface area contributed by atoms with Crippen LogP contribution in [0.3, 0.4) is 0 Å². The Morgan fingerprint density at radius 2 is 1.93 bits per heavy atom. The summed E-state index contributed by atoms with van der Waals surface area (Å²) in [6, 6.07) is 4.55. The van der Waals surface area contributed by atoms with Crippen molar-refractivity contribution < 1.29 is 32.2 Å². The third-order valence-corrected chi connectivity index (χ3v) is 5.61. The van der Waals surface area contributed by atoms with Crippen molar-refractivity contribution in [3.63, 3.8) is 0 Å². The summed E-state index contributed by atoms with van der Waals surface area (Å²) in [7, 11) is 1.35. The molecule has 0 saturated carbocycles. The van der Waals surface area contributed by atoms with Crippen LogP contribution in [0.5, 0.6) is 5.75 Å². The Bertz CT molecular complexity index is 935. The van der Waals surface area contributed by atoms with Gasteiger partial charge in [-0.3, -0.25) is 9.69 Å². The van der Waals surface area contributed by atoms with E-state index >= 15 is 0 Å². The predicted octanol–water partition coefficient (Wildman–Crippen LogP) is 5.54. The van der Waals surface area contributed by atoms with Crippen LogP contribution in [0.2, 0.25) is 5.02 Å². The SMILES string of the molecule is COc1ccc(F)cc1C(c1cc(C(F)(F)F)ccc1Cl)N1CCCCC1C(=O)O. The van der Waals surface area contributed by atoms with Gasteiger partial charge in [-0.2, -0.15) is 13.2 Å². The van der Waals surface area contributed by atoms with Crippen molar-refractivity contribution in [3.8, 4) is 5.75 Å². The summed E-state index contributed by atoms with van der Waals surface area (Å²) in [4.78, 5) is 13.5. The fraction of sp³-hybridized carbons (Fsp3) is 0.381. The Hall–Kier alpha value is -2.32. The van der Waals surface area contributed by atoms with Gasteiger partial charge in [0.05, 0.1) is 18.7 Å². The molecule has 4 nitrogen and oxygen atoms in total. The number of piperidine rings is 1. The Labute approximate surface area is 176 Å². The van der Waals surface area contributed by atoms with Crippen molar-refractivity contribution in [1.29, 1.82) is 0 Å². The number of rotatable bonds is 5. The molecule has 1 saturated heterocycles. The van der Waals surface area contributed by atoms with Crippen LogP contribution >= 0.6 is 11.6 Å². The first-order chi connectivity index (χ1) is 14.1. The van der Waals surface area contributed by atoms with Gasteiger partial charge in [0.1, 0.15) is 17.6 Å². The van der Waals surface area contributed by atoms with Gasteiger partial charge in [0.25, 0.3) is 0 Å². The van der Waals surface area contributed by atoms with Crippen LogP contribution in [-0.4, -0.2) is 35.7 Å². The minimum atomic E-state index is -4.62. The molecule has 1 fully saturated rings. The molecule has 0 bridgehead atoms. The van der Waals surface area contributed by atoms with Crippen LogP contribution in [0.4, 0.5) is 17.6 Å². The van der Waals surface area contributed by atoms with Gasteiger partial charge in [0, 0.05) is 10.6 Å². The molecular formula is C21H20ClF4NO3. The zero-order chi connectivity index (χ0) is 22.1. The molecule has 2 aromatic carbocycles. The van der Waals surface area contributed by atoms with Crippen LogP contribution in [0.1, 0.15) is 42.0 Å². The normalized spacial score (nSPS) is 18.8. The molecule has 162 valence electrons. The molecule has 0 spiro atoms. The minimum Gasteiger partial charge on any atom is -0.496 e.